The Kier molecular flexibility index (Phi) is 9.95. The first-order chi connectivity index (χ1) is 25.5. The number of hydrazone groups is 1. The van der Waals surface area contributed by atoms with Crippen LogP contribution in [0.1, 0.15) is 15.9 Å². The van der Waals surface area contributed by atoms with Crippen LogP contribution < -0.4 is 16.4 Å². The first-order valence-corrected chi connectivity index (χ1v) is 20.6. The molecule has 20 nitrogen and oxygen atoms in total. The molecule has 1 aliphatic rings. The molecule has 0 fully saturated rings. The molecule has 0 amide bonds. The van der Waals surface area contributed by atoms with Crippen molar-refractivity contribution in [3.8, 4) is 0 Å². The molecule has 55 heavy (non-hydrogen) atoms. The van der Waals surface area contributed by atoms with Crippen molar-refractivity contribution in [2.75, 3.05) is 10.7 Å². The van der Waals surface area contributed by atoms with E-state index in [9.17, 15) is 61.1 Å². The number of halogens is 2. The number of hydrogen-bond donors (Lipinski definition) is 7. The van der Waals surface area contributed by atoms with Crippen molar-refractivity contribution < 1.29 is 61.1 Å². The maximum atomic E-state index is 14.6. The second kappa shape index (κ2) is 14.0. The number of carbonyl (C=O) groups is 1. The summed E-state index contributed by atoms with van der Waals surface area (Å²) in [6, 6.07) is 12.1. The zero-order chi connectivity index (χ0) is 40.2. The molecule has 0 radical (unpaired) electrons. The maximum Gasteiger partial charge on any atom is 0.297 e. The van der Waals surface area contributed by atoms with Crippen molar-refractivity contribution in [3.63, 3.8) is 0 Å². The van der Waals surface area contributed by atoms with Gasteiger partial charge in [0.1, 0.15) is 14.7 Å². The lowest BCUT2D eigenvalue weighted by Gasteiger charge is -2.19. The van der Waals surface area contributed by atoms with Gasteiger partial charge < -0.3 is 5.32 Å². The number of H-pyrrole nitrogens is 1. The van der Waals surface area contributed by atoms with Crippen LogP contribution in [-0.2, 0) is 40.5 Å². The molecule has 0 aliphatic heterocycles. The highest BCUT2D eigenvalue weighted by Gasteiger charge is 2.36. The van der Waals surface area contributed by atoms with Crippen molar-refractivity contribution in [1.82, 2.24) is 15.0 Å². The number of rotatable bonds is 9. The van der Waals surface area contributed by atoms with Crippen LogP contribution in [0.25, 0.3) is 16.8 Å². The monoisotopic (exact) mass is 855 g/mol. The van der Waals surface area contributed by atoms with Gasteiger partial charge in [0.2, 0.25) is 17.3 Å². The van der Waals surface area contributed by atoms with E-state index in [4.69, 9.17) is 11.6 Å². The fraction of sp³-hybridized carbons (Fsp3) is 0. The molecule has 26 heteroatoms. The summed E-state index contributed by atoms with van der Waals surface area (Å²) in [6.45, 7) is 0. The number of Topliss-reactive ketones (excluding diaryl/α,β-unsaturated/α-hetero) is 1. The van der Waals surface area contributed by atoms with Gasteiger partial charge in [-0.05, 0) is 60.2 Å². The standard InChI is InChI=1S/C29H19ClFN7O13S4/c30-14-4-6-15(7-5-14)32-28-34-27(31)35-29(36-28)33-20-12-16(52(40,41)42)10-13-11-22(54(46,47)48)24(25(39)23(13)20)38-37-19-9-8-17-18(26(19)55(49,50)51)2-1-3-21(17)53(43,44)45/h1-12,37H,(H,40,41,42)(H,43,44,45)(H,46,47,48)(H,49,50,51)(H2,32,33,34,35,36)/b38-24+. The van der Waals surface area contributed by atoms with Crippen molar-refractivity contribution in [2.24, 2.45) is 10.1 Å². The minimum atomic E-state index is -5.44. The molecule has 0 saturated carbocycles. The SMILES string of the molecule is O=C1/C(=N/Nc2ccc3c(S(=O)(=O)O)cccc3c2S(=O)(=O)O)C(S(=O)(=O)O)=Cc2cc(S(=O)(=O)O)cc(N=c3nc(Nc4ccc(Cl)cc4)nc(F)[nH]3)c21. The summed E-state index contributed by atoms with van der Waals surface area (Å²) in [6.07, 6.45) is -0.731. The van der Waals surface area contributed by atoms with Crippen molar-refractivity contribution in [2.45, 2.75) is 14.7 Å². The maximum absolute atomic E-state index is 14.6. The van der Waals surface area contributed by atoms with E-state index in [0.29, 0.717) is 28.9 Å². The lowest BCUT2D eigenvalue weighted by molar-refractivity contribution is 0.106. The zero-order valence-corrected chi connectivity index (χ0v) is 30.6. The van der Waals surface area contributed by atoms with Crippen LogP contribution >= 0.6 is 11.6 Å². The summed E-state index contributed by atoms with van der Waals surface area (Å²) in [5.41, 5.74) is -2.03. The summed E-state index contributed by atoms with van der Waals surface area (Å²) < 4.78 is 153. The van der Waals surface area contributed by atoms with Gasteiger partial charge in [0, 0.05) is 21.5 Å². The van der Waals surface area contributed by atoms with Gasteiger partial charge in [0.05, 0.1) is 21.8 Å². The molecular formula is C29H19ClFN7O13S4. The molecule has 0 spiro atoms. The average molecular weight is 856 g/mol. The van der Waals surface area contributed by atoms with E-state index in [1.165, 1.54) is 24.3 Å². The van der Waals surface area contributed by atoms with E-state index in [2.05, 4.69) is 30.8 Å². The molecule has 1 aliphatic carbocycles. The predicted octanol–water partition coefficient (Wildman–Crippen LogP) is 3.36. The topological polar surface area (TPSA) is 325 Å². The fourth-order valence-corrected chi connectivity index (χ4v) is 8.10. The normalized spacial score (nSPS) is 14.9. The molecule has 7 N–H and O–H groups in total. The fourth-order valence-electron chi connectivity index (χ4n) is 5.22. The molecule has 0 unspecified atom stereocenters. The average Bonchev–Trinajstić information content (AvgIpc) is 3.06. The molecule has 6 rings (SSSR count). The summed E-state index contributed by atoms with van der Waals surface area (Å²) in [4.78, 5) is 23.6. The number of benzene rings is 4. The van der Waals surface area contributed by atoms with Crippen LogP contribution in [0.5, 0.6) is 0 Å². The lowest BCUT2D eigenvalue weighted by atomic mass is 9.93. The highest BCUT2D eigenvalue weighted by molar-refractivity contribution is 7.91. The highest BCUT2D eigenvalue weighted by atomic mass is 35.5. The first kappa shape index (κ1) is 39.2. The van der Waals surface area contributed by atoms with Crippen LogP contribution in [0.3, 0.4) is 0 Å². The van der Waals surface area contributed by atoms with Crippen LogP contribution in [0, 0.1) is 6.08 Å². The van der Waals surface area contributed by atoms with Crippen molar-refractivity contribution >= 4 is 103 Å². The number of aromatic nitrogens is 3. The molecule has 286 valence electrons. The third kappa shape index (κ3) is 8.28. The van der Waals surface area contributed by atoms with Gasteiger partial charge in [0.15, 0.2) is 5.71 Å². The second-order valence-corrected chi connectivity index (χ2v) is 17.0. The van der Waals surface area contributed by atoms with E-state index < -0.39 is 117 Å². The van der Waals surface area contributed by atoms with Gasteiger partial charge in [-0.2, -0.15) is 53.1 Å². The minimum Gasteiger partial charge on any atom is -0.324 e. The molecule has 0 saturated heterocycles. The van der Waals surface area contributed by atoms with E-state index in [0.717, 1.165) is 30.3 Å². The van der Waals surface area contributed by atoms with Crippen LogP contribution in [0.4, 0.5) is 27.4 Å². The lowest BCUT2D eigenvalue weighted by Crippen LogP contribution is -2.28. The van der Waals surface area contributed by atoms with E-state index in [1.54, 1.807) is 0 Å². The molecule has 0 atom stereocenters. The molecule has 0 bridgehead atoms. The molecule has 1 aromatic heterocycles. The Hall–Kier alpha value is -5.51. The summed E-state index contributed by atoms with van der Waals surface area (Å²) in [5.74, 6) is -1.84. The number of nitrogens with one attached hydrogen (secondary N) is 3. The van der Waals surface area contributed by atoms with Crippen LogP contribution in [0.2, 0.25) is 5.02 Å². The van der Waals surface area contributed by atoms with Gasteiger partial charge >= 0.3 is 0 Å². The van der Waals surface area contributed by atoms with E-state index >= 15 is 0 Å². The predicted molar refractivity (Wildman–Crippen MR) is 191 cm³/mol. The van der Waals surface area contributed by atoms with Gasteiger partial charge in [-0.3, -0.25) is 33.4 Å². The number of carbonyl (C=O) groups excluding carboxylic acids is 1. The summed E-state index contributed by atoms with van der Waals surface area (Å²) in [7, 11) is -20.8. The number of anilines is 3. The Bertz CT molecular complexity index is 3080. The molecular weight excluding hydrogens is 837 g/mol. The Balaban J connectivity index is 1.55. The highest BCUT2D eigenvalue weighted by Crippen LogP contribution is 2.37. The minimum absolute atomic E-state index is 0.334. The van der Waals surface area contributed by atoms with E-state index in [1.807, 2.05) is 4.98 Å². The van der Waals surface area contributed by atoms with Gasteiger partial charge in [-0.25, -0.2) is 4.99 Å². The molecule has 5 aromatic rings. The van der Waals surface area contributed by atoms with Crippen LogP contribution in [-0.4, -0.2) is 78.3 Å². The van der Waals surface area contributed by atoms with E-state index in [-0.39, 0.29) is 5.39 Å². The van der Waals surface area contributed by atoms with Gasteiger partial charge in [-0.15, -0.1) is 0 Å². The summed E-state index contributed by atoms with van der Waals surface area (Å²) >= 11 is 5.88. The van der Waals surface area contributed by atoms with Gasteiger partial charge in [-0.1, -0.05) is 29.8 Å². The van der Waals surface area contributed by atoms with Crippen LogP contribution in [0.15, 0.2) is 96.4 Å². The number of allylic oxidation sites excluding steroid dienone is 1. The molecule has 4 aromatic carbocycles. The first-order valence-electron chi connectivity index (χ1n) is 14.5. The smallest absolute Gasteiger partial charge is 0.297 e. The Morgan fingerprint density at radius 1 is 0.782 bits per heavy atom. The summed E-state index contributed by atoms with van der Waals surface area (Å²) in [5, 5.41) is 5.85. The largest absolute Gasteiger partial charge is 0.324 e. The number of hydrogen-bond acceptors (Lipinski definition) is 15. The van der Waals surface area contributed by atoms with Crippen molar-refractivity contribution in [3.05, 3.63) is 99.5 Å². The Morgan fingerprint density at radius 3 is 2.09 bits per heavy atom. The number of nitrogens with zero attached hydrogens (tertiary/aromatic N) is 4. The van der Waals surface area contributed by atoms with Gasteiger partial charge in [0.25, 0.3) is 46.6 Å². The number of fused-ring (bicyclic) bond motifs is 2. The number of aromatic amines is 1. The second-order valence-electron chi connectivity index (χ2n) is 11.0. The quantitative estimate of drug-likeness (QED) is 0.0825. The zero-order valence-electron chi connectivity index (χ0n) is 26.6. The molecule has 1 heterocycles. The number of ketones is 1. The Labute approximate surface area is 313 Å². The third-order valence-corrected chi connectivity index (χ3v) is 11.2. The third-order valence-electron chi connectivity index (χ3n) is 7.41. The van der Waals surface area contributed by atoms with Crippen molar-refractivity contribution in [1.29, 1.82) is 0 Å². The Morgan fingerprint density at radius 2 is 1.47 bits per heavy atom.